The Morgan fingerprint density at radius 1 is 1.29 bits per heavy atom. The maximum Gasteiger partial charge on any atom is 0.276 e. The fourth-order valence-corrected chi connectivity index (χ4v) is 2.44. The lowest BCUT2D eigenvalue weighted by Gasteiger charge is -2.03. The van der Waals surface area contributed by atoms with Gasteiger partial charge in [-0.15, -0.1) is 0 Å². The minimum absolute atomic E-state index is 0.315. The Morgan fingerprint density at radius 2 is 2.04 bits per heavy atom. The summed E-state index contributed by atoms with van der Waals surface area (Å²) in [4.78, 5) is 28.2. The predicted octanol–water partition coefficient (Wildman–Crippen LogP) is 3.64. The van der Waals surface area contributed by atoms with E-state index in [0.29, 0.717) is 27.9 Å². The molecule has 0 fully saturated rings. The zero-order valence-corrected chi connectivity index (χ0v) is 14.1. The van der Waals surface area contributed by atoms with Crippen LogP contribution in [0, 0.1) is 6.92 Å². The van der Waals surface area contributed by atoms with Crippen molar-refractivity contribution < 1.29 is 4.79 Å². The largest absolute Gasteiger partial charge is 0.341 e. The molecule has 1 amide bonds. The van der Waals surface area contributed by atoms with Crippen LogP contribution in [0.25, 0.3) is 11.4 Å². The fraction of sp³-hybridized carbons (Fsp3) is 0.176. The number of halogens is 1. The molecule has 0 aliphatic carbocycles. The van der Waals surface area contributed by atoms with E-state index in [1.54, 1.807) is 31.5 Å². The van der Waals surface area contributed by atoms with Gasteiger partial charge in [0.25, 0.3) is 5.91 Å². The molecule has 0 unspecified atom stereocenters. The normalized spacial score (nSPS) is 10.6. The minimum atomic E-state index is -0.315. The SMILES string of the molecule is CCc1ncc(NC(=O)c2nc(-c3cccc(Cl)c3)[nH]c2C)cn1. The van der Waals surface area contributed by atoms with Crippen molar-refractivity contribution in [3.63, 3.8) is 0 Å². The molecule has 7 heteroatoms. The number of nitrogens with one attached hydrogen (secondary N) is 2. The number of aryl methyl sites for hydroxylation is 2. The first-order chi connectivity index (χ1) is 11.6. The number of hydrogen-bond donors (Lipinski definition) is 2. The summed E-state index contributed by atoms with van der Waals surface area (Å²) in [5, 5.41) is 3.37. The van der Waals surface area contributed by atoms with Gasteiger partial charge in [-0.3, -0.25) is 4.79 Å². The number of H-pyrrole nitrogens is 1. The van der Waals surface area contributed by atoms with Gasteiger partial charge in [0.2, 0.25) is 0 Å². The van der Waals surface area contributed by atoms with E-state index in [-0.39, 0.29) is 5.91 Å². The molecule has 0 saturated carbocycles. The predicted molar refractivity (Wildman–Crippen MR) is 93.1 cm³/mol. The second kappa shape index (κ2) is 6.80. The number of carbonyl (C=O) groups excluding carboxylic acids is 1. The van der Waals surface area contributed by atoms with Crippen LogP contribution in [0.3, 0.4) is 0 Å². The zero-order valence-electron chi connectivity index (χ0n) is 13.3. The van der Waals surface area contributed by atoms with Crippen LogP contribution in [-0.4, -0.2) is 25.8 Å². The molecule has 2 N–H and O–H groups in total. The molecule has 3 aromatic rings. The van der Waals surface area contributed by atoms with Crippen molar-refractivity contribution in [3.05, 3.63) is 58.9 Å². The lowest BCUT2D eigenvalue weighted by atomic mass is 10.2. The van der Waals surface area contributed by atoms with Gasteiger partial charge >= 0.3 is 0 Å². The average molecular weight is 342 g/mol. The molecular formula is C17H16ClN5O. The highest BCUT2D eigenvalue weighted by molar-refractivity contribution is 6.30. The molecule has 0 radical (unpaired) electrons. The van der Waals surface area contributed by atoms with E-state index in [2.05, 4.69) is 25.3 Å². The third-order valence-corrected chi connectivity index (χ3v) is 3.71. The molecular weight excluding hydrogens is 326 g/mol. The maximum atomic E-state index is 12.4. The van der Waals surface area contributed by atoms with Crippen LogP contribution in [0.5, 0.6) is 0 Å². The second-order valence-corrected chi connectivity index (χ2v) is 5.70. The summed E-state index contributed by atoms with van der Waals surface area (Å²) >= 11 is 6.00. The van der Waals surface area contributed by atoms with Crippen LogP contribution in [-0.2, 0) is 6.42 Å². The highest BCUT2D eigenvalue weighted by Crippen LogP contribution is 2.22. The third kappa shape index (κ3) is 3.44. The lowest BCUT2D eigenvalue weighted by Crippen LogP contribution is -2.14. The molecule has 2 heterocycles. The van der Waals surface area contributed by atoms with E-state index in [1.165, 1.54) is 0 Å². The van der Waals surface area contributed by atoms with Crippen molar-refractivity contribution in [2.45, 2.75) is 20.3 Å². The van der Waals surface area contributed by atoms with Crippen LogP contribution in [0.15, 0.2) is 36.7 Å². The van der Waals surface area contributed by atoms with Crippen LogP contribution in [0.1, 0.15) is 28.9 Å². The van der Waals surface area contributed by atoms with Crippen molar-refractivity contribution in [1.82, 2.24) is 19.9 Å². The number of benzene rings is 1. The first-order valence-corrected chi connectivity index (χ1v) is 7.89. The van der Waals surface area contributed by atoms with Gasteiger partial charge in [-0.05, 0) is 19.1 Å². The number of amides is 1. The van der Waals surface area contributed by atoms with Crippen molar-refractivity contribution in [1.29, 1.82) is 0 Å². The topological polar surface area (TPSA) is 83.6 Å². The summed E-state index contributed by atoms with van der Waals surface area (Å²) in [7, 11) is 0. The smallest absolute Gasteiger partial charge is 0.276 e. The summed E-state index contributed by atoms with van der Waals surface area (Å²) in [6.45, 7) is 3.77. The van der Waals surface area contributed by atoms with Gasteiger partial charge in [-0.1, -0.05) is 30.7 Å². The summed E-state index contributed by atoms with van der Waals surface area (Å²) in [5.41, 5.74) is 2.35. The van der Waals surface area contributed by atoms with E-state index in [1.807, 2.05) is 19.1 Å². The van der Waals surface area contributed by atoms with Gasteiger partial charge in [0.15, 0.2) is 0 Å². The van der Waals surface area contributed by atoms with Crippen LogP contribution in [0.4, 0.5) is 5.69 Å². The van der Waals surface area contributed by atoms with E-state index in [9.17, 15) is 4.79 Å². The molecule has 0 aliphatic rings. The lowest BCUT2D eigenvalue weighted by molar-refractivity contribution is 0.102. The van der Waals surface area contributed by atoms with Gasteiger partial charge in [0.1, 0.15) is 17.3 Å². The van der Waals surface area contributed by atoms with Crippen molar-refractivity contribution in [2.75, 3.05) is 5.32 Å². The quantitative estimate of drug-likeness (QED) is 0.758. The van der Waals surface area contributed by atoms with Gasteiger partial charge in [0.05, 0.1) is 18.1 Å². The third-order valence-electron chi connectivity index (χ3n) is 3.48. The number of nitrogens with zero attached hydrogens (tertiary/aromatic N) is 3. The molecule has 3 rings (SSSR count). The number of imidazole rings is 1. The number of carbonyl (C=O) groups is 1. The van der Waals surface area contributed by atoms with Crippen LogP contribution >= 0.6 is 11.6 Å². The summed E-state index contributed by atoms with van der Waals surface area (Å²) in [6, 6.07) is 7.29. The maximum absolute atomic E-state index is 12.4. The molecule has 122 valence electrons. The van der Waals surface area contributed by atoms with Gasteiger partial charge in [-0.25, -0.2) is 15.0 Å². The number of hydrogen-bond acceptors (Lipinski definition) is 4. The number of aromatic nitrogens is 4. The van der Waals surface area contributed by atoms with Gasteiger partial charge < -0.3 is 10.3 Å². The minimum Gasteiger partial charge on any atom is -0.341 e. The molecule has 0 atom stereocenters. The Labute approximate surface area is 144 Å². The number of rotatable bonds is 4. The van der Waals surface area contributed by atoms with E-state index in [4.69, 9.17) is 11.6 Å². The standard InChI is InChI=1S/C17H16ClN5O/c1-3-14-19-8-13(9-20-14)22-17(24)15-10(2)21-16(23-15)11-5-4-6-12(18)7-11/h4-9H,3H2,1-2H3,(H,21,23)(H,22,24). The average Bonchev–Trinajstić information content (AvgIpc) is 2.97. The molecule has 6 nitrogen and oxygen atoms in total. The van der Waals surface area contributed by atoms with Gasteiger partial charge in [-0.2, -0.15) is 0 Å². The van der Waals surface area contributed by atoms with E-state index in [0.717, 1.165) is 17.8 Å². The molecule has 0 saturated heterocycles. The molecule has 0 aliphatic heterocycles. The van der Waals surface area contributed by atoms with Crippen LogP contribution < -0.4 is 5.32 Å². The van der Waals surface area contributed by atoms with Crippen molar-refractivity contribution in [2.24, 2.45) is 0 Å². The van der Waals surface area contributed by atoms with E-state index < -0.39 is 0 Å². The highest BCUT2D eigenvalue weighted by Gasteiger charge is 2.16. The van der Waals surface area contributed by atoms with Crippen LogP contribution in [0.2, 0.25) is 5.02 Å². The molecule has 2 aromatic heterocycles. The first-order valence-electron chi connectivity index (χ1n) is 7.51. The highest BCUT2D eigenvalue weighted by atomic mass is 35.5. The zero-order chi connectivity index (χ0) is 17.1. The van der Waals surface area contributed by atoms with Crippen molar-refractivity contribution in [3.8, 4) is 11.4 Å². The molecule has 1 aromatic carbocycles. The molecule has 24 heavy (non-hydrogen) atoms. The summed E-state index contributed by atoms with van der Waals surface area (Å²) in [6.07, 6.45) is 3.92. The number of aromatic amines is 1. The van der Waals surface area contributed by atoms with Crippen molar-refractivity contribution >= 4 is 23.2 Å². The Kier molecular flexibility index (Phi) is 4.57. The summed E-state index contributed by atoms with van der Waals surface area (Å²) < 4.78 is 0. The first kappa shape index (κ1) is 16.1. The monoisotopic (exact) mass is 341 g/mol. The Hall–Kier alpha value is -2.73. The van der Waals surface area contributed by atoms with Gasteiger partial charge in [0, 0.05) is 22.7 Å². The molecule has 0 spiro atoms. The molecule has 0 bridgehead atoms. The van der Waals surface area contributed by atoms with E-state index >= 15 is 0 Å². The Bertz CT molecular complexity index is 873. The summed E-state index contributed by atoms with van der Waals surface area (Å²) in [5.74, 6) is 1.01. The fourth-order valence-electron chi connectivity index (χ4n) is 2.25. The Balaban J connectivity index is 1.82. The Morgan fingerprint density at radius 3 is 2.71 bits per heavy atom. The number of anilines is 1. The second-order valence-electron chi connectivity index (χ2n) is 5.27.